The fourth-order valence-corrected chi connectivity index (χ4v) is 3.70. The van der Waals surface area contributed by atoms with Gasteiger partial charge in [0, 0.05) is 48.6 Å². The van der Waals surface area contributed by atoms with Gasteiger partial charge >= 0.3 is 5.97 Å². The molecule has 8 heteroatoms. The highest BCUT2D eigenvalue weighted by atomic mass is 35.5. The topological polar surface area (TPSA) is 67.7 Å². The highest BCUT2D eigenvalue weighted by molar-refractivity contribution is 6.30. The van der Waals surface area contributed by atoms with E-state index in [0.717, 1.165) is 16.9 Å². The molecule has 3 aromatic rings. The summed E-state index contributed by atoms with van der Waals surface area (Å²) in [6.07, 6.45) is 3.49. The Morgan fingerprint density at radius 2 is 1.71 bits per heavy atom. The van der Waals surface area contributed by atoms with Crippen LogP contribution in [0.4, 0.5) is 5.69 Å². The molecule has 0 radical (unpaired) electrons. The van der Waals surface area contributed by atoms with Gasteiger partial charge < -0.3 is 14.5 Å². The molecule has 1 fully saturated rings. The van der Waals surface area contributed by atoms with Gasteiger partial charge in [0.1, 0.15) is 0 Å². The lowest BCUT2D eigenvalue weighted by Gasteiger charge is -2.36. The number of anilines is 1. The molecule has 1 saturated heterocycles. The molecule has 31 heavy (non-hydrogen) atoms. The molecule has 0 saturated carbocycles. The molecule has 0 N–H and O–H groups in total. The van der Waals surface area contributed by atoms with Gasteiger partial charge in [0.05, 0.1) is 18.3 Å². The van der Waals surface area contributed by atoms with Gasteiger partial charge in [0.25, 0.3) is 5.91 Å². The standard InChI is InChI=1S/C23H23ClN4O3/c24-19-5-4-8-21(14-19)26-9-11-27(12-10-26)22(29)17-31-23(30)13-18-15-25-28(16-18)20-6-2-1-3-7-20/h1-8,14-16H,9-13,17H2. The van der Waals surface area contributed by atoms with Crippen molar-refractivity contribution in [3.05, 3.63) is 77.6 Å². The minimum absolute atomic E-state index is 0.0721. The number of benzene rings is 2. The first kappa shape index (κ1) is 20.9. The smallest absolute Gasteiger partial charge is 0.310 e. The SMILES string of the molecule is O=C(Cc1cnn(-c2ccccc2)c1)OCC(=O)N1CCN(c2cccc(Cl)c2)CC1. The molecule has 0 atom stereocenters. The number of ether oxygens (including phenoxy) is 1. The average Bonchev–Trinajstić information content (AvgIpc) is 3.26. The molecule has 1 aliphatic heterocycles. The maximum absolute atomic E-state index is 12.4. The van der Waals surface area contributed by atoms with E-state index in [2.05, 4.69) is 10.00 Å². The summed E-state index contributed by atoms with van der Waals surface area (Å²) in [7, 11) is 0. The lowest BCUT2D eigenvalue weighted by molar-refractivity contribution is -0.151. The Bertz CT molecular complexity index is 1050. The molecular weight excluding hydrogens is 416 g/mol. The zero-order chi connectivity index (χ0) is 21.6. The van der Waals surface area contributed by atoms with Gasteiger partial charge in [-0.05, 0) is 30.3 Å². The number of esters is 1. The Morgan fingerprint density at radius 3 is 2.45 bits per heavy atom. The first-order valence-electron chi connectivity index (χ1n) is 10.1. The first-order valence-corrected chi connectivity index (χ1v) is 10.5. The Morgan fingerprint density at radius 1 is 0.968 bits per heavy atom. The van der Waals surface area contributed by atoms with Crippen molar-refractivity contribution in [2.75, 3.05) is 37.7 Å². The van der Waals surface area contributed by atoms with E-state index in [-0.39, 0.29) is 18.9 Å². The number of carbonyl (C=O) groups is 2. The van der Waals surface area contributed by atoms with Crippen LogP contribution in [-0.4, -0.2) is 59.3 Å². The Kier molecular flexibility index (Phi) is 6.52. The maximum atomic E-state index is 12.4. The van der Waals surface area contributed by atoms with Crippen LogP contribution in [0.15, 0.2) is 67.0 Å². The summed E-state index contributed by atoms with van der Waals surface area (Å²) >= 11 is 6.06. The lowest BCUT2D eigenvalue weighted by atomic mass is 10.2. The molecule has 4 rings (SSSR count). The van der Waals surface area contributed by atoms with Crippen LogP contribution >= 0.6 is 11.6 Å². The molecule has 1 aliphatic rings. The molecule has 160 valence electrons. The van der Waals surface area contributed by atoms with Gasteiger partial charge in [-0.25, -0.2) is 4.68 Å². The van der Waals surface area contributed by atoms with Crippen LogP contribution in [0, 0.1) is 0 Å². The number of halogens is 1. The summed E-state index contributed by atoms with van der Waals surface area (Å²) < 4.78 is 6.91. The highest BCUT2D eigenvalue weighted by Crippen LogP contribution is 2.20. The summed E-state index contributed by atoms with van der Waals surface area (Å²) in [6, 6.07) is 17.3. The van der Waals surface area contributed by atoms with Gasteiger partial charge in [-0.1, -0.05) is 35.9 Å². The van der Waals surface area contributed by atoms with Crippen molar-refractivity contribution in [1.82, 2.24) is 14.7 Å². The van der Waals surface area contributed by atoms with E-state index in [1.807, 2.05) is 54.6 Å². The third-order valence-electron chi connectivity index (χ3n) is 5.17. The number of rotatable bonds is 6. The predicted molar refractivity (Wildman–Crippen MR) is 118 cm³/mol. The summed E-state index contributed by atoms with van der Waals surface area (Å²) in [6.45, 7) is 2.32. The summed E-state index contributed by atoms with van der Waals surface area (Å²) in [5, 5.41) is 4.96. The minimum atomic E-state index is -0.446. The summed E-state index contributed by atoms with van der Waals surface area (Å²) in [4.78, 5) is 28.5. The van der Waals surface area contributed by atoms with Gasteiger partial charge in [-0.2, -0.15) is 5.10 Å². The molecule has 0 aliphatic carbocycles. The third kappa shape index (κ3) is 5.44. The molecular formula is C23H23ClN4O3. The number of aromatic nitrogens is 2. The first-order chi connectivity index (χ1) is 15.1. The van der Waals surface area contributed by atoms with Crippen molar-refractivity contribution < 1.29 is 14.3 Å². The Balaban J connectivity index is 1.22. The molecule has 0 spiro atoms. The van der Waals surface area contributed by atoms with Crippen LogP contribution < -0.4 is 4.90 Å². The van der Waals surface area contributed by atoms with Gasteiger partial charge in [-0.3, -0.25) is 9.59 Å². The van der Waals surface area contributed by atoms with E-state index in [0.29, 0.717) is 31.2 Å². The van der Waals surface area contributed by atoms with Crippen LogP contribution in [0.2, 0.25) is 5.02 Å². The Hall–Kier alpha value is -3.32. The fourth-order valence-electron chi connectivity index (χ4n) is 3.51. The fraction of sp³-hybridized carbons (Fsp3) is 0.261. The quantitative estimate of drug-likeness (QED) is 0.553. The second-order valence-corrected chi connectivity index (χ2v) is 7.75. The maximum Gasteiger partial charge on any atom is 0.310 e. The molecule has 0 bridgehead atoms. The normalized spacial score (nSPS) is 13.8. The largest absolute Gasteiger partial charge is 0.455 e. The van der Waals surface area contributed by atoms with Gasteiger partial charge in [-0.15, -0.1) is 0 Å². The minimum Gasteiger partial charge on any atom is -0.455 e. The monoisotopic (exact) mass is 438 g/mol. The molecule has 1 amide bonds. The van der Waals surface area contributed by atoms with Crippen LogP contribution in [0.5, 0.6) is 0 Å². The van der Waals surface area contributed by atoms with Crippen molar-refractivity contribution >= 4 is 29.2 Å². The predicted octanol–water partition coefficient (Wildman–Crippen LogP) is 2.96. The molecule has 7 nitrogen and oxygen atoms in total. The number of hydrogen-bond donors (Lipinski definition) is 0. The summed E-state index contributed by atoms with van der Waals surface area (Å²) in [5.41, 5.74) is 2.69. The van der Waals surface area contributed by atoms with Crippen LogP contribution in [-0.2, 0) is 20.7 Å². The van der Waals surface area contributed by atoms with E-state index in [1.165, 1.54) is 0 Å². The zero-order valence-corrected chi connectivity index (χ0v) is 17.7. The number of hydrogen-bond acceptors (Lipinski definition) is 5. The van der Waals surface area contributed by atoms with Crippen LogP contribution in [0.3, 0.4) is 0 Å². The zero-order valence-electron chi connectivity index (χ0n) is 17.0. The number of amides is 1. The van der Waals surface area contributed by atoms with Crippen molar-refractivity contribution in [2.45, 2.75) is 6.42 Å². The van der Waals surface area contributed by atoms with Crippen LogP contribution in [0.25, 0.3) is 5.69 Å². The van der Waals surface area contributed by atoms with E-state index < -0.39 is 5.97 Å². The molecule has 1 aromatic heterocycles. The number of para-hydroxylation sites is 1. The van der Waals surface area contributed by atoms with Crippen LogP contribution in [0.1, 0.15) is 5.56 Å². The van der Waals surface area contributed by atoms with E-state index in [4.69, 9.17) is 16.3 Å². The van der Waals surface area contributed by atoms with Crippen molar-refractivity contribution in [2.24, 2.45) is 0 Å². The van der Waals surface area contributed by atoms with E-state index in [1.54, 1.807) is 22.0 Å². The van der Waals surface area contributed by atoms with Crippen molar-refractivity contribution in [3.63, 3.8) is 0 Å². The van der Waals surface area contributed by atoms with Gasteiger partial charge in [0.2, 0.25) is 0 Å². The van der Waals surface area contributed by atoms with E-state index in [9.17, 15) is 9.59 Å². The highest BCUT2D eigenvalue weighted by Gasteiger charge is 2.22. The number of carbonyl (C=O) groups excluding carboxylic acids is 2. The van der Waals surface area contributed by atoms with Crippen molar-refractivity contribution in [1.29, 1.82) is 0 Å². The Labute approximate surface area is 185 Å². The molecule has 0 unspecified atom stereocenters. The molecule has 2 aromatic carbocycles. The van der Waals surface area contributed by atoms with Gasteiger partial charge in [0.15, 0.2) is 6.61 Å². The second-order valence-electron chi connectivity index (χ2n) is 7.31. The van der Waals surface area contributed by atoms with Crippen molar-refractivity contribution in [3.8, 4) is 5.69 Å². The number of nitrogens with zero attached hydrogens (tertiary/aromatic N) is 4. The number of piperazine rings is 1. The second kappa shape index (κ2) is 9.66. The summed E-state index contributed by atoms with van der Waals surface area (Å²) in [5.74, 6) is -0.627. The molecule has 2 heterocycles. The lowest BCUT2D eigenvalue weighted by Crippen LogP contribution is -2.50. The van der Waals surface area contributed by atoms with E-state index >= 15 is 0 Å². The third-order valence-corrected chi connectivity index (χ3v) is 5.40. The average molecular weight is 439 g/mol.